The molecule has 0 amide bonds. The molecule has 1 aromatic carbocycles. The minimum atomic E-state index is -3.05. The third-order valence-corrected chi connectivity index (χ3v) is 7.07. The van der Waals surface area contributed by atoms with Crippen LogP contribution in [0.4, 0.5) is 0 Å². The number of benzene rings is 1. The molecule has 9 heteroatoms. The molecule has 0 saturated carbocycles. The van der Waals surface area contributed by atoms with Crippen LogP contribution < -0.4 is 9.47 Å². The molecule has 0 aliphatic carbocycles. The average Bonchev–Trinajstić information content (AvgIpc) is 3.22. The van der Waals surface area contributed by atoms with Crippen LogP contribution in [0.3, 0.4) is 0 Å². The van der Waals surface area contributed by atoms with Gasteiger partial charge in [-0.3, -0.25) is 4.79 Å². The Hall–Kier alpha value is -2.81. The second-order valence-corrected chi connectivity index (χ2v) is 9.48. The van der Waals surface area contributed by atoms with Gasteiger partial charge in [0, 0.05) is 23.0 Å². The Bertz CT molecular complexity index is 1090. The topological polar surface area (TPSA) is 101 Å². The Morgan fingerprint density at radius 3 is 2.47 bits per heavy atom. The quantitative estimate of drug-likeness (QED) is 0.486. The van der Waals surface area contributed by atoms with Gasteiger partial charge in [0.1, 0.15) is 5.56 Å². The molecule has 162 valence electrons. The van der Waals surface area contributed by atoms with E-state index in [1.807, 2.05) is 11.5 Å². The summed E-state index contributed by atoms with van der Waals surface area (Å²) in [5.74, 6) is -0.216. The average molecular weight is 435 g/mol. The second kappa shape index (κ2) is 8.51. The number of hydrogen-bond acceptors (Lipinski definition) is 7. The predicted octanol–water partition coefficient (Wildman–Crippen LogP) is 2.52. The number of hydrogen-bond donors (Lipinski definition) is 0. The number of esters is 1. The standard InChI is InChI=1S/C21H25NO7S/c1-13-10-17(14(2)22(13)15-8-9-30(25,26)12-15)18(23)11-29-21(24)16-6-5-7-19(27-3)20(16)28-4/h5-7,10,15H,8-9,11-12H2,1-4H3/t15-/m0/s1. The lowest BCUT2D eigenvalue weighted by atomic mass is 10.1. The molecule has 0 N–H and O–H groups in total. The molecule has 0 unspecified atom stereocenters. The van der Waals surface area contributed by atoms with Gasteiger partial charge in [-0.2, -0.15) is 0 Å². The van der Waals surface area contributed by atoms with Crippen molar-refractivity contribution in [3.05, 3.63) is 46.8 Å². The van der Waals surface area contributed by atoms with Crippen molar-refractivity contribution < 1.29 is 32.2 Å². The molecule has 0 radical (unpaired) electrons. The highest BCUT2D eigenvalue weighted by molar-refractivity contribution is 7.91. The fourth-order valence-electron chi connectivity index (χ4n) is 3.93. The number of nitrogens with zero attached hydrogens (tertiary/aromatic N) is 1. The zero-order chi connectivity index (χ0) is 22.1. The number of sulfone groups is 1. The number of para-hydroxylation sites is 1. The van der Waals surface area contributed by atoms with Crippen molar-refractivity contribution in [3.63, 3.8) is 0 Å². The van der Waals surface area contributed by atoms with Crippen LogP contribution in [0, 0.1) is 13.8 Å². The van der Waals surface area contributed by atoms with E-state index in [0.29, 0.717) is 23.4 Å². The van der Waals surface area contributed by atoms with Crippen molar-refractivity contribution in [2.45, 2.75) is 26.3 Å². The van der Waals surface area contributed by atoms with E-state index in [1.54, 1.807) is 25.1 Å². The van der Waals surface area contributed by atoms with E-state index < -0.39 is 22.4 Å². The van der Waals surface area contributed by atoms with Gasteiger partial charge in [0.2, 0.25) is 5.78 Å². The van der Waals surface area contributed by atoms with Crippen LogP contribution in [0.1, 0.15) is 44.6 Å². The molecule has 0 bridgehead atoms. The Morgan fingerprint density at radius 1 is 1.13 bits per heavy atom. The molecule has 1 fully saturated rings. The maximum atomic E-state index is 12.7. The molecular weight excluding hydrogens is 410 g/mol. The van der Waals surface area contributed by atoms with Gasteiger partial charge in [0.15, 0.2) is 27.9 Å². The molecule has 1 aromatic heterocycles. The largest absolute Gasteiger partial charge is 0.493 e. The molecule has 2 aromatic rings. The molecule has 30 heavy (non-hydrogen) atoms. The molecule has 1 aliphatic heterocycles. The normalized spacial score (nSPS) is 17.5. The first-order valence-corrected chi connectivity index (χ1v) is 11.3. The first kappa shape index (κ1) is 21.9. The zero-order valence-electron chi connectivity index (χ0n) is 17.4. The summed E-state index contributed by atoms with van der Waals surface area (Å²) in [7, 11) is -0.175. The van der Waals surface area contributed by atoms with Crippen LogP contribution in [0.2, 0.25) is 0 Å². The van der Waals surface area contributed by atoms with Crippen LogP contribution in [-0.2, 0) is 14.6 Å². The Morgan fingerprint density at radius 2 is 1.87 bits per heavy atom. The molecule has 2 heterocycles. The lowest BCUT2D eigenvalue weighted by Crippen LogP contribution is -2.17. The summed E-state index contributed by atoms with van der Waals surface area (Å²) >= 11 is 0. The number of rotatable bonds is 7. The van der Waals surface area contributed by atoms with Gasteiger partial charge in [0.05, 0.1) is 25.7 Å². The first-order valence-electron chi connectivity index (χ1n) is 9.48. The lowest BCUT2D eigenvalue weighted by molar-refractivity contribution is 0.0470. The minimum absolute atomic E-state index is 0.0710. The van der Waals surface area contributed by atoms with Gasteiger partial charge in [-0.15, -0.1) is 0 Å². The monoisotopic (exact) mass is 435 g/mol. The van der Waals surface area contributed by atoms with Crippen LogP contribution in [0.15, 0.2) is 24.3 Å². The van der Waals surface area contributed by atoms with Crippen LogP contribution in [0.25, 0.3) is 0 Å². The summed E-state index contributed by atoms with van der Waals surface area (Å²) in [6.07, 6.45) is 0.525. The third-order valence-electron chi connectivity index (χ3n) is 5.32. The van der Waals surface area contributed by atoms with E-state index in [-0.39, 0.29) is 34.6 Å². The summed E-state index contributed by atoms with van der Waals surface area (Å²) in [6.45, 7) is 3.17. The van der Waals surface area contributed by atoms with Gasteiger partial charge < -0.3 is 18.8 Å². The van der Waals surface area contributed by atoms with Gasteiger partial charge in [-0.25, -0.2) is 13.2 Å². The van der Waals surface area contributed by atoms with Crippen LogP contribution >= 0.6 is 0 Å². The third kappa shape index (κ3) is 4.21. The second-order valence-electron chi connectivity index (χ2n) is 7.25. The van der Waals surface area contributed by atoms with Crippen LogP contribution in [0.5, 0.6) is 11.5 Å². The Balaban J connectivity index is 1.75. The molecule has 1 atom stereocenters. The number of ether oxygens (including phenoxy) is 3. The number of ketones is 1. The molecule has 0 spiro atoms. The molecule has 3 rings (SSSR count). The summed E-state index contributed by atoms with van der Waals surface area (Å²) in [5, 5.41) is 0. The fraction of sp³-hybridized carbons (Fsp3) is 0.429. The van der Waals surface area contributed by atoms with Crippen molar-refractivity contribution in [2.24, 2.45) is 0 Å². The van der Waals surface area contributed by atoms with Gasteiger partial charge >= 0.3 is 5.97 Å². The van der Waals surface area contributed by atoms with Gasteiger partial charge in [-0.1, -0.05) is 6.07 Å². The molecule has 8 nitrogen and oxygen atoms in total. The summed E-state index contributed by atoms with van der Waals surface area (Å²) in [4.78, 5) is 25.2. The first-order chi connectivity index (χ1) is 14.2. The van der Waals surface area contributed by atoms with E-state index >= 15 is 0 Å². The van der Waals surface area contributed by atoms with Crippen molar-refractivity contribution in [3.8, 4) is 11.5 Å². The minimum Gasteiger partial charge on any atom is -0.493 e. The van der Waals surface area contributed by atoms with Gasteiger partial charge in [0.25, 0.3) is 0 Å². The number of aryl methyl sites for hydroxylation is 1. The smallest absolute Gasteiger partial charge is 0.342 e. The molecule has 1 saturated heterocycles. The van der Waals surface area contributed by atoms with E-state index in [2.05, 4.69) is 0 Å². The number of Topliss-reactive ketones (excluding diaryl/α,β-unsaturated/α-hetero) is 1. The van der Waals surface area contributed by atoms with Crippen molar-refractivity contribution in [1.82, 2.24) is 4.57 Å². The maximum Gasteiger partial charge on any atom is 0.342 e. The number of carbonyl (C=O) groups excluding carboxylic acids is 2. The highest BCUT2D eigenvalue weighted by atomic mass is 32.2. The molecular formula is C21H25NO7S. The Kier molecular flexibility index (Phi) is 6.21. The maximum absolute atomic E-state index is 12.7. The highest BCUT2D eigenvalue weighted by Gasteiger charge is 2.32. The predicted molar refractivity (Wildman–Crippen MR) is 110 cm³/mol. The SMILES string of the molecule is COc1cccc(C(=O)OCC(=O)c2cc(C)n([C@H]3CCS(=O)(=O)C3)c2C)c1OC. The number of aromatic nitrogens is 1. The van der Waals surface area contributed by atoms with Crippen molar-refractivity contribution >= 4 is 21.6 Å². The lowest BCUT2D eigenvalue weighted by Gasteiger charge is -2.16. The molecule has 1 aliphatic rings. The summed E-state index contributed by atoms with van der Waals surface area (Å²) in [6, 6.07) is 6.34. The summed E-state index contributed by atoms with van der Waals surface area (Å²) in [5.41, 5.74) is 2.06. The summed E-state index contributed by atoms with van der Waals surface area (Å²) < 4.78 is 41.2. The van der Waals surface area contributed by atoms with E-state index in [0.717, 1.165) is 5.69 Å². The van der Waals surface area contributed by atoms with Crippen LogP contribution in [-0.4, -0.2) is 57.1 Å². The van der Waals surface area contributed by atoms with E-state index in [4.69, 9.17) is 14.2 Å². The number of carbonyl (C=O) groups is 2. The Labute approximate surface area is 175 Å². The fourth-order valence-corrected chi connectivity index (χ4v) is 5.63. The van der Waals surface area contributed by atoms with Gasteiger partial charge in [-0.05, 0) is 38.5 Å². The zero-order valence-corrected chi connectivity index (χ0v) is 18.2. The van der Waals surface area contributed by atoms with E-state index in [1.165, 1.54) is 20.3 Å². The van der Waals surface area contributed by atoms with Crippen molar-refractivity contribution in [2.75, 3.05) is 32.3 Å². The van der Waals surface area contributed by atoms with E-state index in [9.17, 15) is 18.0 Å². The number of methoxy groups -OCH3 is 2. The van der Waals surface area contributed by atoms with Crippen molar-refractivity contribution in [1.29, 1.82) is 0 Å². The highest BCUT2D eigenvalue weighted by Crippen LogP contribution is 2.32.